The van der Waals surface area contributed by atoms with Gasteiger partial charge in [-0.25, -0.2) is 0 Å². The summed E-state index contributed by atoms with van der Waals surface area (Å²) in [5, 5.41) is 3.24. The summed E-state index contributed by atoms with van der Waals surface area (Å²) in [6.45, 7) is 5.36. The maximum Gasteiger partial charge on any atom is 0.241 e. The number of nitrogens with two attached hydrogens (primary N) is 1. The highest BCUT2D eigenvalue weighted by molar-refractivity contribution is 5.85. The fraction of sp³-hybridized carbons (Fsp3) is 0.562. The van der Waals surface area contributed by atoms with Gasteiger partial charge in [0.25, 0.3) is 0 Å². The molecule has 1 amide bonds. The minimum Gasteiger partial charge on any atom is -0.490 e. The van der Waals surface area contributed by atoms with E-state index in [4.69, 9.17) is 15.2 Å². The monoisotopic (exact) mass is 292 g/mol. The zero-order valence-corrected chi connectivity index (χ0v) is 12.7. The van der Waals surface area contributed by atoms with Crippen LogP contribution in [0, 0.1) is 5.92 Å². The highest BCUT2D eigenvalue weighted by Crippen LogP contribution is 2.40. The average molecular weight is 292 g/mol. The lowest BCUT2D eigenvalue weighted by atomic mass is 9.93. The molecule has 0 radical (unpaired) electrons. The third-order valence-corrected chi connectivity index (χ3v) is 3.81. The smallest absolute Gasteiger partial charge is 0.241 e. The Labute approximate surface area is 125 Å². The molecule has 1 aliphatic carbocycles. The van der Waals surface area contributed by atoms with Crippen LogP contribution in [0.15, 0.2) is 24.3 Å². The predicted molar refractivity (Wildman–Crippen MR) is 81.4 cm³/mol. The molecule has 1 aromatic carbocycles. The van der Waals surface area contributed by atoms with Gasteiger partial charge in [-0.05, 0) is 44.4 Å². The fourth-order valence-electron chi connectivity index (χ4n) is 2.60. The van der Waals surface area contributed by atoms with Crippen LogP contribution in [0.3, 0.4) is 0 Å². The minimum absolute atomic E-state index is 0.227. The molecule has 0 bridgehead atoms. The van der Waals surface area contributed by atoms with Crippen LogP contribution in [-0.2, 0) is 4.79 Å². The van der Waals surface area contributed by atoms with Crippen LogP contribution in [0.25, 0.3) is 0 Å². The molecule has 0 saturated heterocycles. The quantitative estimate of drug-likeness (QED) is 0.726. The van der Waals surface area contributed by atoms with Crippen LogP contribution in [-0.4, -0.2) is 31.2 Å². The molecule has 1 aromatic rings. The van der Waals surface area contributed by atoms with E-state index in [9.17, 15) is 4.79 Å². The van der Waals surface area contributed by atoms with Crippen molar-refractivity contribution in [1.82, 2.24) is 5.32 Å². The summed E-state index contributed by atoms with van der Waals surface area (Å²) >= 11 is 0. The topological polar surface area (TPSA) is 73.6 Å². The van der Waals surface area contributed by atoms with Crippen molar-refractivity contribution in [3.8, 4) is 11.5 Å². The van der Waals surface area contributed by atoms with Gasteiger partial charge in [0, 0.05) is 0 Å². The van der Waals surface area contributed by atoms with Gasteiger partial charge < -0.3 is 20.5 Å². The lowest BCUT2D eigenvalue weighted by molar-refractivity contribution is -0.126. The van der Waals surface area contributed by atoms with Crippen LogP contribution in [0.5, 0.6) is 11.5 Å². The molecule has 0 spiro atoms. The number of para-hydroxylation sites is 2. The summed E-state index contributed by atoms with van der Waals surface area (Å²) in [6, 6.07) is 7.48. The van der Waals surface area contributed by atoms with E-state index in [1.54, 1.807) is 0 Å². The Hall–Kier alpha value is -1.75. The number of amides is 1. The Kier molecular flexibility index (Phi) is 5.07. The SMILES string of the molecule is CCNC(COc1ccccc1OCC)(C(N)=O)C1CC1. The number of carbonyl (C=O) groups excluding carboxylic acids is 1. The second kappa shape index (κ2) is 6.80. The van der Waals surface area contributed by atoms with Gasteiger partial charge in [0.1, 0.15) is 12.1 Å². The Morgan fingerprint density at radius 3 is 2.38 bits per heavy atom. The van der Waals surface area contributed by atoms with Gasteiger partial charge in [0.2, 0.25) is 5.91 Å². The number of likely N-dealkylation sites (N-methyl/N-ethyl adjacent to an activating group) is 1. The zero-order valence-electron chi connectivity index (χ0n) is 12.7. The number of nitrogens with one attached hydrogen (secondary N) is 1. The number of rotatable bonds is 9. The number of hydrogen-bond acceptors (Lipinski definition) is 4. The molecule has 5 heteroatoms. The van der Waals surface area contributed by atoms with E-state index in [1.165, 1.54) is 0 Å². The Morgan fingerprint density at radius 2 is 1.90 bits per heavy atom. The molecule has 2 rings (SSSR count). The van der Waals surface area contributed by atoms with E-state index < -0.39 is 5.54 Å². The van der Waals surface area contributed by atoms with Crippen LogP contribution < -0.4 is 20.5 Å². The van der Waals surface area contributed by atoms with Gasteiger partial charge in [-0.3, -0.25) is 4.79 Å². The number of carbonyl (C=O) groups is 1. The van der Waals surface area contributed by atoms with Crippen molar-refractivity contribution in [2.24, 2.45) is 11.7 Å². The molecule has 1 saturated carbocycles. The standard InChI is InChI=1S/C16H24N2O3/c1-3-18-16(15(17)19,12-9-10-12)11-21-14-8-6-5-7-13(14)20-4-2/h5-8,12,18H,3-4,9-11H2,1-2H3,(H2,17,19). The van der Waals surface area contributed by atoms with Crippen LogP contribution in [0.2, 0.25) is 0 Å². The van der Waals surface area contributed by atoms with E-state index in [0.29, 0.717) is 24.7 Å². The van der Waals surface area contributed by atoms with Gasteiger partial charge in [0.05, 0.1) is 6.61 Å². The van der Waals surface area contributed by atoms with Gasteiger partial charge >= 0.3 is 0 Å². The molecule has 0 heterocycles. The molecular weight excluding hydrogens is 268 g/mol. The van der Waals surface area contributed by atoms with E-state index in [2.05, 4.69) is 5.32 Å². The van der Waals surface area contributed by atoms with Crippen molar-refractivity contribution in [3.05, 3.63) is 24.3 Å². The highest BCUT2D eigenvalue weighted by Gasteiger charge is 2.50. The largest absolute Gasteiger partial charge is 0.490 e. The third-order valence-electron chi connectivity index (χ3n) is 3.81. The first kappa shape index (κ1) is 15.6. The summed E-state index contributed by atoms with van der Waals surface area (Å²) in [5.41, 5.74) is 4.86. The van der Waals surface area contributed by atoms with E-state index >= 15 is 0 Å². The summed E-state index contributed by atoms with van der Waals surface area (Å²) in [7, 11) is 0. The van der Waals surface area contributed by atoms with Gasteiger partial charge in [-0.1, -0.05) is 19.1 Å². The molecule has 1 atom stereocenters. The lowest BCUT2D eigenvalue weighted by Gasteiger charge is -2.31. The number of benzene rings is 1. The first-order valence-electron chi connectivity index (χ1n) is 7.53. The average Bonchev–Trinajstić information content (AvgIpc) is 3.30. The summed E-state index contributed by atoms with van der Waals surface area (Å²) in [6.07, 6.45) is 2.01. The molecule has 116 valence electrons. The molecule has 1 aliphatic rings. The molecular formula is C16H24N2O3. The van der Waals surface area contributed by atoms with Crippen molar-refractivity contribution in [3.63, 3.8) is 0 Å². The minimum atomic E-state index is -0.784. The summed E-state index contributed by atoms with van der Waals surface area (Å²) in [4.78, 5) is 12.0. The Morgan fingerprint density at radius 1 is 1.29 bits per heavy atom. The maximum atomic E-state index is 12.0. The van der Waals surface area contributed by atoms with Gasteiger partial charge in [0.15, 0.2) is 11.5 Å². The highest BCUT2D eigenvalue weighted by atomic mass is 16.5. The molecule has 1 fully saturated rings. The molecule has 0 aromatic heterocycles. The predicted octanol–water partition coefficient (Wildman–Crippen LogP) is 1.71. The molecule has 0 aliphatic heterocycles. The van der Waals surface area contributed by atoms with Crippen molar-refractivity contribution in [2.45, 2.75) is 32.2 Å². The first-order chi connectivity index (χ1) is 10.1. The van der Waals surface area contributed by atoms with Gasteiger partial charge in [-0.15, -0.1) is 0 Å². The first-order valence-corrected chi connectivity index (χ1v) is 7.53. The molecule has 5 nitrogen and oxygen atoms in total. The zero-order chi connectivity index (χ0) is 15.3. The third kappa shape index (κ3) is 3.47. The number of primary amides is 1. The molecule has 21 heavy (non-hydrogen) atoms. The van der Waals surface area contributed by atoms with Gasteiger partial charge in [-0.2, -0.15) is 0 Å². The second-order valence-corrected chi connectivity index (χ2v) is 5.31. The van der Waals surface area contributed by atoms with E-state index in [-0.39, 0.29) is 18.4 Å². The summed E-state index contributed by atoms with van der Waals surface area (Å²) < 4.78 is 11.4. The van der Waals surface area contributed by atoms with Crippen LogP contribution >= 0.6 is 0 Å². The Bertz CT molecular complexity index is 488. The summed E-state index contributed by atoms with van der Waals surface area (Å²) in [5.74, 6) is 1.24. The van der Waals surface area contributed by atoms with E-state index in [0.717, 1.165) is 12.8 Å². The molecule has 3 N–H and O–H groups in total. The maximum absolute atomic E-state index is 12.0. The number of hydrogen-bond donors (Lipinski definition) is 2. The lowest BCUT2D eigenvalue weighted by Crippen LogP contribution is -2.61. The second-order valence-electron chi connectivity index (χ2n) is 5.31. The van der Waals surface area contributed by atoms with E-state index in [1.807, 2.05) is 38.1 Å². The fourth-order valence-corrected chi connectivity index (χ4v) is 2.60. The Balaban J connectivity index is 2.13. The number of ether oxygens (including phenoxy) is 2. The molecule has 1 unspecified atom stereocenters. The van der Waals surface area contributed by atoms with Crippen molar-refractivity contribution in [2.75, 3.05) is 19.8 Å². The normalized spacial score (nSPS) is 17.0. The van der Waals surface area contributed by atoms with Crippen molar-refractivity contribution in [1.29, 1.82) is 0 Å². The van der Waals surface area contributed by atoms with Crippen molar-refractivity contribution >= 4 is 5.91 Å². The van der Waals surface area contributed by atoms with Crippen LogP contribution in [0.1, 0.15) is 26.7 Å². The van der Waals surface area contributed by atoms with Crippen molar-refractivity contribution < 1.29 is 14.3 Å². The van der Waals surface area contributed by atoms with Crippen LogP contribution in [0.4, 0.5) is 0 Å².